The molecule has 0 amide bonds. The zero-order valence-electron chi connectivity index (χ0n) is 13.0. The fourth-order valence-electron chi connectivity index (χ4n) is 2.61. The van der Waals surface area contributed by atoms with Gasteiger partial charge in [0, 0.05) is 18.9 Å². The van der Waals surface area contributed by atoms with E-state index in [1.807, 2.05) is 24.5 Å². The molecule has 0 fully saturated rings. The van der Waals surface area contributed by atoms with E-state index in [1.165, 1.54) is 11.1 Å². The van der Waals surface area contributed by atoms with Crippen LogP contribution in [0.1, 0.15) is 24.5 Å². The number of ether oxygens (including phenoxy) is 1. The molecule has 116 valence electrons. The number of anilines is 1. The predicted octanol–water partition coefficient (Wildman–Crippen LogP) is 3.00. The zero-order valence-corrected chi connectivity index (χ0v) is 13.0. The van der Waals surface area contributed by atoms with E-state index in [0.29, 0.717) is 6.10 Å². The molecule has 2 heterocycles. The molecule has 0 aliphatic carbocycles. The van der Waals surface area contributed by atoms with Crippen LogP contribution in [-0.4, -0.2) is 24.2 Å². The van der Waals surface area contributed by atoms with E-state index < -0.39 is 0 Å². The van der Waals surface area contributed by atoms with Crippen LogP contribution in [0.3, 0.4) is 0 Å². The highest BCUT2D eigenvalue weighted by atomic mass is 16.5. The van der Waals surface area contributed by atoms with Crippen molar-refractivity contribution in [3.05, 3.63) is 53.9 Å². The maximum Gasteiger partial charge on any atom is 0.142 e. The average Bonchev–Trinajstić information content (AvgIpc) is 2.59. The summed E-state index contributed by atoms with van der Waals surface area (Å²) in [7, 11) is 0. The van der Waals surface area contributed by atoms with Gasteiger partial charge in [0.1, 0.15) is 11.9 Å². The van der Waals surface area contributed by atoms with E-state index in [-0.39, 0.29) is 0 Å². The molecule has 4 nitrogen and oxygen atoms in total. The van der Waals surface area contributed by atoms with Gasteiger partial charge >= 0.3 is 0 Å². The number of aromatic nitrogens is 1. The lowest BCUT2D eigenvalue weighted by atomic mass is 10.1. The van der Waals surface area contributed by atoms with Gasteiger partial charge in [0.25, 0.3) is 0 Å². The summed E-state index contributed by atoms with van der Waals surface area (Å²) in [6.45, 7) is 4.89. The topological polar surface area (TPSA) is 46.2 Å². The Hall–Kier alpha value is -2.07. The first-order chi connectivity index (χ1) is 10.8. The molecule has 22 heavy (non-hydrogen) atoms. The van der Waals surface area contributed by atoms with E-state index in [2.05, 4.69) is 40.7 Å². The molecular formula is C18H23N3O. The van der Waals surface area contributed by atoms with Crippen LogP contribution in [0.15, 0.2) is 42.7 Å². The molecule has 3 rings (SSSR count). The Kier molecular flexibility index (Phi) is 4.91. The Balaban J connectivity index is 1.49. The van der Waals surface area contributed by atoms with E-state index in [9.17, 15) is 0 Å². The van der Waals surface area contributed by atoms with Crippen LogP contribution in [0.5, 0.6) is 5.75 Å². The van der Waals surface area contributed by atoms with Gasteiger partial charge < -0.3 is 15.4 Å². The number of hydrogen-bond donors (Lipinski definition) is 2. The van der Waals surface area contributed by atoms with E-state index in [4.69, 9.17) is 4.74 Å². The molecule has 2 aromatic rings. The normalized spacial score (nSPS) is 16.5. The van der Waals surface area contributed by atoms with Crippen LogP contribution < -0.4 is 15.4 Å². The Morgan fingerprint density at radius 1 is 1.23 bits per heavy atom. The second kappa shape index (κ2) is 7.27. The molecular weight excluding hydrogens is 274 g/mol. The van der Waals surface area contributed by atoms with Crippen molar-refractivity contribution >= 4 is 5.69 Å². The average molecular weight is 297 g/mol. The SMILES string of the molecule is CCC1CNc2cc(CCNCc3ccncc3)ccc2O1. The highest BCUT2D eigenvalue weighted by molar-refractivity contribution is 5.59. The highest BCUT2D eigenvalue weighted by Gasteiger charge is 2.17. The maximum absolute atomic E-state index is 5.94. The van der Waals surface area contributed by atoms with Gasteiger partial charge in [-0.1, -0.05) is 13.0 Å². The van der Waals surface area contributed by atoms with Gasteiger partial charge in [0.15, 0.2) is 0 Å². The quantitative estimate of drug-likeness (QED) is 0.805. The summed E-state index contributed by atoms with van der Waals surface area (Å²) in [6, 6.07) is 10.5. The number of nitrogens with zero attached hydrogens (tertiary/aromatic N) is 1. The zero-order chi connectivity index (χ0) is 15.2. The lowest BCUT2D eigenvalue weighted by Gasteiger charge is -2.27. The molecule has 1 unspecified atom stereocenters. The first kappa shape index (κ1) is 14.9. The van der Waals surface area contributed by atoms with Crippen LogP contribution in [0.2, 0.25) is 0 Å². The van der Waals surface area contributed by atoms with Gasteiger partial charge in [0.05, 0.1) is 12.2 Å². The Morgan fingerprint density at radius 2 is 2.09 bits per heavy atom. The summed E-state index contributed by atoms with van der Waals surface area (Å²) in [5.41, 5.74) is 3.71. The first-order valence-electron chi connectivity index (χ1n) is 7.98. The van der Waals surface area contributed by atoms with Gasteiger partial charge in [-0.05, 0) is 54.8 Å². The van der Waals surface area contributed by atoms with Crippen LogP contribution in [-0.2, 0) is 13.0 Å². The first-order valence-corrected chi connectivity index (χ1v) is 7.98. The maximum atomic E-state index is 5.94. The third-order valence-electron chi connectivity index (χ3n) is 3.98. The van der Waals surface area contributed by atoms with Gasteiger partial charge in [-0.2, -0.15) is 0 Å². The second-order valence-corrected chi connectivity index (χ2v) is 5.64. The highest BCUT2D eigenvalue weighted by Crippen LogP contribution is 2.30. The van der Waals surface area contributed by atoms with Crippen molar-refractivity contribution in [2.24, 2.45) is 0 Å². The molecule has 0 radical (unpaired) electrons. The third-order valence-corrected chi connectivity index (χ3v) is 3.98. The van der Waals surface area contributed by atoms with Crippen molar-refractivity contribution in [1.82, 2.24) is 10.3 Å². The van der Waals surface area contributed by atoms with E-state index >= 15 is 0 Å². The molecule has 0 saturated heterocycles. The summed E-state index contributed by atoms with van der Waals surface area (Å²) < 4.78 is 5.94. The molecule has 1 aliphatic rings. The molecule has 1 aromatic carbocycles. The molecule has 0 bridgehead atoms. The number of hydrogen-bond acceptors (Lipinski definition) is 4. The van der Waals surface area contributed by atoms with Crippen LogP contribution in [0.25, 0.3) is 0 Å². The van der Waals surface area contributed by atoms with E-state index in [1.54, 1.807) is 0 Å². The van der Waals surface area contributed by atoms with Crippen molar-refractivity contribution in [2.45, 2.75) is 32.4 Å². The summed E-state index contributed by atoms with van der Waals surface area (Å²) >= 11 is 0. The molecule has 1 aromatic heterocycles. The Labute approximate surface area is 131 Å². The van der Waals surface area contributed by atoms with Gasteiger partial charge in [0.2, 0.25) is 0 Å². The number of rotatable bonds is 6. The Bertz CT molecular complexity index is 601. The number of fused-ring (bicyclic) bond motifs is 1. The van der Waals surface area contributed by atoms with Crippen LogP contribution in [0.4, 0.5) is 5.69 Å². The van der Waals surface area contributed by atoms with Crippen molar-refractivity contribution < 1.29 is 4.74 Å². The Morgan fingerprint density at radius 3 is 2.91 bits per heavy atom. The van der Waals surface area contributed by atoms with Gasteiger partial charge in [-0.3, -0.25) is 4.98 Å². The minimum absolute atomic E-state index is 0.292. The van der Waals surface area contributed by atoms with Gasteiger partial charge in [-0.25, -0.2) is 0 Å². The third kappa shape index (κ3) is 3.77. The lowest BCUT2D eigenvalue weighted by Crippen LogP contribution is -2.30. The summed E-state index contributed by atoms with van der Waals surface area (Å²) in [5.74, 6) is 0.978. The van der Waals surface area contributed by atoms with Crippen molar-refractivity contribution in [2.75, 3.05) is 18.4 Å². The monoisotopic (exact) mass is 297 g/mol. The predicted molar refractivity (Wildman–Crippen MR) is 89.3 cm³/mol. The molecule has 1 aliphatic heterocycles. The van der Waals surface area contributed by atoms with E-state index in [0.717, 1.165) is 43.9 Å². The minimum Gasteiger partial charge on any atom is -0.486 e. The fourth-order valence-corrected chi connectivity index (χ4v) is 2.61. The summed E-state index contributed by atoms with van der Waals surface area (Å²) in [4.78, 5) is 4.03. The minimum atomic E-state index is 0.292. The molecule has 4 heteroatoms. The van der Waals surface area contributed by atoms with Crippen molar-refractivity contribution in [3.8, 4) is 5.75 Å². The van der Waals surface area contributed by atoms with Crippen LogP contribution in [0, 0.1) is 0 Å². The number of pyridine rings is 1. The lowest BCUT2D eigenvalue weighted by molar-refractivity contribution is 0.202. The van der Waals surface area contributed by atoms with Crippen molar-refractivity contribution in [1.29, 1.82) is 0 Å². The summed E-state index contributed by atoms with van der Waals surface area (Å²) in [6.07, 6.45) is 6.00. The standard InChI is InChI=1S/C18H23N3O/c1-2-16-13-21-17-11-14(3-4-18(17)22-16)5-10-20-12-15-6-8-19-9-7-15/h3-4,6-9,11,16,20-21H,2,5,10,12-13H2,1H3. The smallest absolute Gasteiger partial charge is 0.142 e. The number of benzene rings is 1. The second-order valence-electron chi connectivity index (χ2n) is 5.64. The largest absolute Gasteiger partial charge is 0.486 e. The van der Waals surface area contributed by atoms with Crippen molar-refractivity contribution in [3.63, 3.8) is 0 Å². The molecule has 0 spiro atoms. The molecule has 0 saturated carbocycles. The summed E-state index contributed by atoms with van der Waals surface area (Å²) in [5, 5.41) is 6.93. The van der Waals surface area contributed by atoms with Crippen LogP contribution >= 0.6 is 0 Å². The van der Waals surface area contributed by atoms with Gasteiger partial charge in [-0.15, -0.1) is 0 Å². The molecule has 2 N–H and O–H groups in total. The number of nitrogens with one attached hydrogen (secondary N) is 2. The fraction of sp³-hybridized carbons (Fsp3) is 0.389. The molecule has 1 atom stereocenters.